The van der Waals surface area contributed by atoms with Crippen LogP contribution in [0.5, 0.6) is 0 Å². The van der Waals surface area contributed by atoms with E-state index in [1.54, 1.807) is 21.9 Å². The molecule has 0 aromatic heterocycles. The number of piperazine rings is 1. The van der Waals surface area contributed by atoms with Crippen LogP contribution in [0.15, 0.2) is 48.6 Å². The number of benzene rings is 2. The van der Waals surface area contributed by atoms with Crippen LogP contribution in [0.1, 0.15) is 29.6 Å². The lowest BCUT2D eigenvalue weighted by atomic mass is 10.0. The highest BCUT2D eigenvalue weighted by atomic mass is 35.5. The molecule has 2 aromatic rings. The number of nitrogens with two attached hydrogens (primary N) is 1. The molecule has 0 spiro atoms. The summed E-state index contributed by atoms with van der Waals surface area (Å²) in [4.78, 5) is 28.7. The maximum absolute atomic E-state index is 13.0. The minimum absolute atomic E-state index is 0.108. The van der Waals surface area contributed by atoms with E-state index in [9.17, 15) is 14.7 Å². The van der Waals surface area contributed by atoms with Gasteiger partial charge in [0.05, 0.1) is 0 Å². The van der Waals surface area contributed by atoms with Gasteiger partial charge in [-0.3, -0.25) is 9.59 Å². The minimum atomic E-state index is -1.16. The van der Waals surface area contributed by atoms with Crippen molar-refractivity contribution in [3.8, 4) is 11.1 Å². The molecule has 33 heavy (non-hydrogen) atoms. The molecule has 1 aliphatic heterocycles. The van der Waals surface area contributed by atoms with Crippen molar-refractivity contribution >= 4 is 35.2 Å². The first kappa shape index (κ1) is 21.7. The van der Waals surface area contributed by atoms with Gasteiger partial charge >= 0.3 is 0 Å². The molecule has 1 saturated heterocycles. The molecule has 2 fully saturated rings. The van der Waals surface area contributed by atoms with Crippen molar-refractivity contribution in [2.24, 2.45) is 5.73 Å². The number of rotatable bonds is 3. The summed E-state index contributed by atoms with van der Waals surface area (Å²) in [5, 5.41) is 12.6. The molecule has 3 aliphatic rings. The normalized spacial score (nSPS) is 18.9. The number of nitrogens with zero attached hydrogens (tertiary/aromatic N) is 2. The van der Waals surface area contributed by atoms with Crippen LogP contribution in [0, 0.1) is 0 Å². The van der Waals surface area contributed by atoms with Gasteiger partial charge in [-0.15, -0.1) is 0 Å². The largest absolute Gasteiger partial charge is 0.401 e. The van der Waals surface area contributed by atoms with E-state index in [1.165, 1.54) is 0 Å². The minimum Gasteiger partial charge on any atom is -0.401 e. The molecule has 1 heterocycles. The summed E-state index contributed by atoms with van der Waals surface area (Å²) in [6, 6.07) is 11.4. The number of carbonyl (C=O) groups is 2. The SMILES string of the molecule is NC1=c2ccc(-c3ccc(C(=O)N4CCN(C(=O)C5(O)CC5)CC4)cc3Cl)cc2=CC=CC1. The average Bonchev–Trinajstić information content (AvgIpc) is 3.61. The fraction of sp³-hybridized carbons (Fsp3) is 0.308. The molecule has 170 valence electrons. The highest BCUT2D eigenvalue weighted by Gasteiger charge is 2.50. The van der Waals surface area contributed by atoms with Crippen molar-refractivity contribution in [2.45, 2.75) is 24.9 Å². The van der Waals surface area contributed by atoms with Gasteiger partial charge in [0.2, 0.25) is 0 Å². The second kappa shape index (κ2) is 8.36. The molecule has 2 aliphatic carbocycles. The van der Waals surface area contributed by atoms with Crippen molar-refractivity contribution in [1.82, 2.24) is 9.80 Å². The maximum atomic E-state index is 13.0. The third kappa shape index (κ3) is 4.16. The monoisotopic (exact) mass is 463 g/mol. The molecule has 5 rings (SSSR count). The number of amides is 2. The number of halogens is 1. The van der Waals surface area contributed by atoms with Crippen LogP contribution in [0.25, 0.3) is 22.9 Å². The molecular weight excluding hydrogens is 438 g/mol. The van der Waals surface area contributed by atoms with E-state index >= 15 is 0 Å². The number of carbonyl (C=O) groups excluding carboxylic acids is 2. The molecule has 0 unspecified atom stereocenters. The first-order chi connectivity index (χ1) is 15.9. The Morgan fingerprint density at radius 2 is 1.73 bits per heavy atom. The molecule has 0 bridgehead atoms. The number of fused-ring (bicyclic) bond motifs is 1. The van der Waals surface area contributed by atoms with Crippen molar-refractivity contribution in [2.75, 3.05) is 26.2 Å². The molecule has 2 amide bonds. The molecule has 0 atom stereocenters. The first-order valence-corrected chi connectivity index (χ1v) is 11.6. The summed E-state index contributed by atoms with van der Waals surface area (Å²) < 4.78 is 0. The number of hydrogen-bond acceptors (Lipinski definition) is 4. The molecule has 0 radical (unpaired) electrons. The Bertz CT molecular complexity index is 1290. The zero-order valence-corrected chi connectivity index (χ0v) is 19.0. The quantitative estimate of drug-likeness (QED) is 0.724. The van der Waals surface area contributed by atoms with Crippen molar-refractivity contribution in [1.29, 1.82) is 0 Å². The number of hydrogen-bond donors (Lipinski definition) is 2. The van der Waals surface area contributed by atoms with E-state index < -0.39 is 5.60 Å². The lowest BCUT2D eigenvalue weighted by Crippen LogP contribution is -2.53. The number of aliphatic hydroxyl groups is 1. The molecule has 2 aromatic carbocycles. The van der Waals surface area contributed by atoms with Crippen LogP contribution in [0.3, 0.4) is 0 Å². The average molecular weight is 464 g/mol. The molecule has 7 heteroatoms. The van der Waals surface area contributed by atoms with Crippen LogP contribution in [0.2, 0.25) is 5.02 Å². The third-order valence-corrected chi connectivity index (χ3v) is 6.96. The van der Waals surface area contributed by atoms with Crippen molar-refractivity contribution < 1.29 is 14.7 Å². The Labute approximate surface area is 197 Å². The highest BCUT2D eigenvalue weighted by molar-refractivity contribution is 6.33. The predicted octanol–water partition coefficient (Wildman–Crippen LogP) is 1.62. The maximum Gasteiger partial charge on any atom is 0.254 e. The van der Waals surface area contributed by atoms with E-state index in [0.29, 0.717) is 49.6 Å². The van der Waals surface area contributed by atoms with Crippen molar-refractivity contribution in [3.63, 3.8) is 0 Å². The Morgan fingerprint density at radius 1 is 1.00 bits per heavy atom. The van der Waals surface area contributed by atoms with E-state index in [0.717, 1.165) is 33.7 Å². The Morgan fingerprint density at radius 3 is 2.42 bits per heavy atom. The van der Waals surface area contributed by atoms with Gasteiger partial charge in [-0.05, 0) is 41.8 Å². The van der Waals surface area contributed by atoms with Crippen LogP contribution < -0.4 is 16.2 Å². The Kier molecular flexibility index (Phi) is 5.51. The molecule has 6 nitrogen and oxygen atoms in total. The van der Waals surface area contributed by atoms with Gasteiger partial charge in [-0.1, -0.05) is 48.0 Å². The zero-order chi connectivity index (χ0) is 23.2. The smallest absolute Gasteiger partial charge is 0.254 e. The predicted molar refractivity (Wildman–Crippen MR) is 129 cm³/mol. The van der Waals surface area contributed by atoms with Crippen molar-refractivity contribution in [3.05, 3.63) is 69.6 Å². The summed E-state index contributed by atoms with van der Waals surface area (Å²) in [5.41, 5.74) is 8.18. The van der Waals surface area contributed by atoms with Crippen LogP contribution in [0.4, 0.5) is 0 Å². The second-order valence-corrected chi connectivity index (χ2v) is 9.34. The van der Waals surface area contributed by atoms with Crippen LogP contribution in [-0.2, 0) is 4.79 Å². The van der Waals surface area contributed by atoms with Gasteiger partial charge in [-0.2, -0.15) is 0 Å². The van der Waals surface area contributed by atoms with E-state index in [4.69, 9.17) is 17.3 Å². The van der Waals surface area contributed by atoms with E-state index in [2.05, 4.69) is 6.07 Å². The van der Waals surface area contributed by atoms with E-state index in [-0.39, 0.29) is 11.8 Å². The molecular formula is C26H26ClN3O3. The summed E-state index contributed by atoms with van der Waals surface area (Å²) in [6.07, 6.45) is 7.86. The van der Waals surface area contributed by atoms with Gasteiger partial charge in [0, 0.05) is 59.7 Å². The first-order valence-electron chi connectivity index (χ1n) is 11.2. The van der Waals surface area contributed by atoms with Crippen LogP contribution in [-0.4, -0.2) is 58.5 Å². The summed E-state index contributed by atoms with van der Waals surface area (Å²) in [5.74, 6) is -0.321. The van der Waals surface area contributed by atoms with Gasteiger partial charge in [0.25, 0.3) is 11.8 Å². The Hall–Kier alpha value is -3.09. The fourth-order valence-electron chi connectivity index (χ4n) is 4.44. The summed E-state index contributed by atoms with van der Waals surface area (Å²) >= 11 is 6.61. The summed E-state index contributed by atoms with van der Waals surface area (Å²) in [6.45, 7) is 1.73. The lowest BCUT2D eigenvalue weighted by molar-refractivity contribution is -0.143. The molecule has 3 N–H and O–H groups in total. The topological polar surface area (TPSA) is 86.9 Å². The highest BCUT2D eigenvalue weighted by Crippen LogP contribution is 2.37. The van der Waals surface area contributed by atoms with E-state index in [1.807, 2.05) is 36.4 Å². The van der Waals surface area contributed by atoms with Gasteiger partial charge < -0.3 is 20.6 Å². The summed E-state index contributed by atoms with van der Waals surface area (Å²) in [7, 11) is 0. The van der Waals surface area contributed by atoms with Gasteiger partial charge in [0.15, 0.2) is 0 Å². The standard InChI is InChI=1S/C26H26ClN3O3/c27-22-16-19(24(31)29-11-13-30(14-12-29)25(32)26(33)9-10-26)6-7-20(22)18-5-8-21-17(15-18)3-1-2-4-23(21)28/h1-3,5-8,15-16,33H,4,9-14,28H2. The lowest BCUT2D eigenvalue weighted by Gasteiger charge is -2.35. The van der Waals surface area contributed by atoms with Gasteiger partial charge in [-0.25, -0.2) is 0 Å². The van der Waals surface area contributed by atoms with Gasteiger partial charge in [0.1, 0.15) is 5.60 Å². The fourth-order valence-corrected chi connectivity index (χ4v) is 4.73. The zero-order valence-electron chi connectivity index (χ0n) is 18.3. The third-order valence-electron chi connectivity index (χ3n) is 6.65. The molecule has 1 saturated carbocycles. The second-order valence-electron chi connectivity index (χ2n) is 8.94. The number of allylic oxidation sites excluding steroid dienone is 1. The Balaban J connectivity index is 1.33. The van der Waals surface area contributed by atoms with Crippen LogP contribution >= 0.6 is 11.6 Å².